The van der Waals surface area contributed by atoms with Crippen LogP contribution in [0.5, 0.6) is 0 Å². The molecule has 1 aliphatic rings. The minimum atomic E-state index is -0.479. The molecule has 0 saturated carbocycles. The van der Waals surface area contributed by atoms with Crippen LogP contribution in [0.15, 0.2) is 30.8 Å². The molecule has 0 spiro atoms. The Morgan fingerprint density at radius 2 is 2.04 bits per heavy atom. The molecule has 0 aliphatic carbocycles. The number of ether oxygens (including phenoxy) is 2. The third-order valence-corrected chi connectivity index (χ3v) is 4.06. The van der Waals surface area contributed by atoms with Crippen LogP contribution in [0.2, 0.25) is 0 Å². The van der Waals surface area contributed by atoms with Crippen LogP contribution in [0, 0.1) is 0 Å². The minimum Gasteiger partial charge on any atom is -0.353 e. The van der Waals surface area contributed by atoms with Crippen molar-refractivity contribution in [3.8, 4) is 0 Å². The second-order valence-electron chi connectivity index (χ2n) is 6.68. The largest absolute Gasteiger partial charge is 0.353 e. The lowest BCUT2D eigenvalue weighted by atomic mass is 9.92. The molecule has 5 heteroatoms. The summed E-state index contributed by atoms with van der Waals surface area (Å²) >= 11 is 0. The van der Waals surface area contributed by atoms with Gasteiger partial charge in [0, 0.05) is 13.0 Å². The summed E-state index contributed by atoms with van der Waals surface area (Å²) in [6, 6.07) is 7.88. The van der Waals surface area contributed by atoms with Crippen molar-refractivity contribution in [3.63, 3.8) is 0 Å². The first kappa shape index (κ1) is 18.5. The Morgan fingerprint density at radius 3 is 2.71 bits per heavy atom. The van der Waals surface area contributed by atoms with Gasteiger partial charge in [0.05, 0.1) is 18.8 Å². The van der Waals surface area contributed by atoms with Gasteiger partial charge >= 0.3 is 6.03 Å². The molecule has 2 amide bonds. The van der Waals surface area contributed by atoms with Gasteiger partial charge in [-0.1, -0.05) is 30.4 Å². The molecular weight excluding hydrogens is 304 g/mol. The molecule has 1 heterocycles. The Labute approximate surface area is 144 Å². The Hall–Kier alpha value is -1.85. The van der Waals surface area contributed by atoms with Crippen molar-refractivity contribution in [1.82, 2.24) is 10.6 Å². The predicted octanol–water partition coefficient (Wildman–Crippen LogP) is 3.41. The molecule has 132 valence electrons. The molecule has 0 atom stereocenters. The van der Waals surface area contributed by atoms with E-state index in [2.05, 4.69) is 23.3 Å². The Kier molecular flexibility index (Phi) is 6.40. The predicted molar refractivity (Wildman–Crippen MR) is 95.6 cm³/mol. The van der Waals surface area contributed by atoms with Gasteiger partial charge in [-0.2, -0.15) is 0 Å². The zero-order valence-corrected chi connectivity index (χ0v) is 14.9. The first-order valence-corrected chi connectivity index (χ1v) is 8.44. The van der Waals surface area contributed by atoms with Crippen LogP contribution in [0.1, 0.15) is 44.7 Å². The fraction of sp³-hybridized carbons (Fsp3) is 0.526. The van der Waals surface area contributed by atoms with Crippen molar-refractivity contribution in [3.05, 3.63) is 42.0 Å². The Morgan fingerprint density at radius 1 is 1.33 bits per heavy atom. The summed E-state index contributed by atoms with van der Waals surface area (Å²) < 4.78 is 10.9. The molecule has 1 fully saturated rings. The van der Waals surface area contributed by atoms with E-state index in [1.165, 1.54) is 0 Å². The van der Waals surface area contributed by atoms with Gasteiger partial charge in [-0.15, -0.1) is 0 Å². The van der Waals surface area contributed by atoms with Gasteiger partial charge < -0.3 is 20.1 Å². The first-order valence-electron chi connectivity index (χ1n) is 8.44. The average molecular weight is 332 g/mol. The van der Waals surface area contributed by atoms with E-state index in [9.17, 15) is 4.79 Å². The quantitative estimate of drug-likeness (QED) is 0.839. The maximum absolute atomic E-state index is 12.2. The summed E-state index contributed by atoms with van der Waals surface area (Å²) in [6.45, 7) is 11.9. The topological polar surface area (TPSA) is 59.6 Å². The molecule has 1 aromatic carbocycles. The summed E-state index contributed by atoms with van der Waals surface area (Å²) in [7, 11) is 0. The molecule has 24 heavy (non-hydrogen) atoms. The van der Waals surface area contributed by atoms with Crippen LogP contribution < -0.4 is 10.6 Å². The first-order chi connectivity index (χ1) is 11.4. The number of amides is 2. The smallest absolute Gasteiger partial charge is 0.315 e. The molecule has 1 aromatic rings. The number of hydrogen-bond acceptors (Lipinski definition) is 3. The summed E-state index contributed by atoms with van der Waals surface area (Å²) in [4.78, 5) is 12.2. The number of urea groups is 1. The van der Waals surface area contributed by atoms with Crippen molar-refractivity contribution in [2.24, 2.45) is 0 Å². The Bertz CT molecular complexity index is 578. The van der Waals surface area contributed by atoms with Gasteiger partial charge in [0.15, 0.2) is 6.29 Å². The van der Waals surface area contributed by atoms with E-state index in [0.29, 0.717) is 13.0 Å². The van der Waals surface area contributed by atoms with Crippen molar-refractivity contribution in [2.75, 3.05) is 19.8 Å². The molecule has 5 nitrogen and oxygen atoms in total. The van der Waals surface area contributed by atoms with Crippen LogP contribution in [0.25, 0.3) is 5.57 Å². The fourth-order valence-electron chi connectivity index (χ4n) is 2.58. The number of nitrogens with one attached hydrogen (secondary N) is 2. The molecule has 0 aromatic heterocycles. The van der Waals surface area contributed by atoms with Crippen LogP contribution in [0.4, 0.5) is 4.79 Å². The van der Waals surface area contributed by atoms with E-state index < -0.39 is 5.54 Å². The van der Waals surface area contributed by atoms with Crippen molar-refractivity contribution in [2.45, 2.75) is 45.4 Å². The van der Waals surface area contributed by atoms with Crippen LogP contribution in [0.3, 0.4) is 0 Å². The zero-order valence-electron chi connectivity index (χ0n) is 14.9. The normalized spacial score (nSPS) is 15.8. The summed E-state index contributed by atoms with van der Waals surface area (Å²) in [5.74, 6) is 0. The molecule has 1 saturated heterocycles. The summed E-state index contributed by atoms with van der Waals surface area (Å²) in [6.07, 6.45) is 1.38. The van der Waals surface area contributed by atoms with Gasteiger partial charge in [0.1, 0.15) is 0 Å². The molecule has 0 unspecified atom stereocenters. The number of hydrogen-bond donors (Lipinski definition) is 2. The molecular formula is C19H28N2O3. The second kappa shape index (κ2) is 8.31. The minimum absolute atomic E-state index is 0.198. The van der Waals surface area contributed by atoms with Crippen LogP contribution in [-0.4, -0.2) is 32.1 Å². The number of allylic oxidation sites excluding steroid dienone is 1. The second-order valence-corrected chi connectivity index (χ2v) is 6.68. The van der Waals surface area contributed by atoms with Crippen LogP contribution >= 0.6 is 0 Å². The van der Waals surface area contributed by atoms with E-state index in [1.807, 2.05) is 39.0 Å². The van der Waals surface area contributed by atoms with E-state index in [1.54, 1.807) is 0 Å². The number of benzene rings is 1. The highest BCUT2D eigenvalue weighted by Crippen LogP contribution is 2.23. The summed E-state index contributed by atoms with van der Waals surface area (Å²) in [5.41, 5.74) is 2.64. The summed E-state index contributed by atoms with van der Waals surface area (Å²) in [5, 5.41) is 5.88. The highest BCUT2D eigenvalue weighted by Gasteiger charge is 2.23. The van der Waals surface area contributed by atoms with Gasteiger partial charge in [0.2, 0.25) is 0 Å². The maximum Gasteiger partial charge on any atom is 0.315 e. The highest BCUT2D eigenvalue weighted by molar-refractivity contribution is 5.75. The number of carbonyl (C=O) groups is 1. The van der Waals surface area contributed by atoms with E-state index in [-0.39, 0.29) is 12.3 Å². The number of rotatable bonds is 6. The maximum atomic E-state index is 12.2. The third-order valence-electron chi connectivity index (χ3n) is 4.06. The molecule has 1 aliphatic heterocycles. The lowest BCUT2D eigenvalue weighted by Gasteiger charge is -2.28. The number of carbonyl (C=O) groups excluding carboxylic acids is 1. The lowest BCUT2D eigenvalue weighted by molar-refractivity contribution is -0.180. The molecule has 2 rings (SSSR count). The third kappa shape index (κ3) is 5.35. The van der Waals surface area contributed by atoms with Gasteiger partial charge in [0.25, 0.3) is 0 Å². The average Bonchev–Trinajstić information content (AvgIpc) is 2.55. The van der Waals surface area contributed by atoms with Gasteiger partial charge in [-0.3, -0.25) is 0 Å². The fourth-order valence-corrected chi connectivity index (χ4v) is 2.58. The van der Waals surface area contributed by atoms with Crippen molar-refractivity contribution >= 4 is 11.6 Å². The van der Waals surface area contributed by atoms with E-state index in [4.69, 9.17) is 9.47 Å². The van der Waals surface area contributed by atoms with Gasteiger partial charge in [-0.25, -0.2) is 4.79 Å². The monoisotopic (exact) mass is 332 g/mol. The van der Waals surface area contributed by atoms with Crippen molar-refractivity contribution < 1.29 is 14.3 Å². The zero-order chi connectivity index (χ0) is 17.6. The molecule has 0 bridgehead atoms. The Balaban J connectivity index is 1.84. The molecule has 2 N–H and O–H groups in total. The van der Waals surface area contributed by atoms with Crippen molar-refractivity contribution in [1.29, 1.82) is 0 Å². The van der Waals surface area contributed by atoms with E-state index in [0.717, 1.165) is 36.3 Å². The lowest BCUT2D eigenvalue weighted by Crippen LogP contribution is -2.47. The standard InChI is InChI=1S/C19H28N2O3/c1-14(2)15-7-5-8-16(13-15)19(3,4)21-18(22)20-10-9-17-23-11-6-12-24-17/h5,7-8,13,17H,1,6,9-12H2,2-4H3,(H2,20,21,22). The highest BCUT2D eigenvalue weighted by atomic mass is 16.7. The van der Waals surface area contributed by atoms with E-state index >= 15 is 0 Å². The SMILES string of the molecule is C=C(C)c1cccc(C(C)(C)NC(=O)NCCC2OCCCO2)c1. The molecule has 0 radical (unpaired) electrons. The van der Waals surface area contributed by atoms with Gasteiger partial charge in [-0.05, 0) is 44.4 Å². The van der Waals surface area contributed by atoms with Crippen LogP contribution in [-0.2, 0) is 15.0 Å².